The summed E-state index contributed by atoms with van der Waals surface area (Å²) < 4.78 is 6.35. The monoisotopic (exact) mass is 461 g/mol. The molecule has 0 saturated carbocycles. The van der Waals surface area contributed by atoms with Crippen molar-refractivity contribution in [3.05, 3.63) is 137 Å². The van der Waals surface area contributed by atoms with E-state index >= 15 is 0 Å². The third kappa shape index (κ3) is 4.85. The number of benzene rings is 4. The maximum atomic E-state index is 14.1. The number of carbonyl (C=O) groups excluding carboxylic acids is 1. The number of nitrogens with zero attached hydrogens (tertiary/aromatic N) is 1. The third-order valence-corrected chi connectivity index (χ3v) is 6.95. The van der Waals surface area contributed by atoms with Gasteiger partial charge in [0, 0.05) is 18.2 Å². The third-order valence-electron chi connectivity index (χ3n) is 6.95. The van der Waals surface area contributed by atoms with Gasteiger partial charge in [-0.2, -0.15) is 0 Å². The van der Waals surface area contributed by atoms with Crippen molar-refractivity contribution in [1.29, 1.82) is 0 Å². The molecule has 0 N–H and O–H groups in total. The lowest BCUT2D eigenvalue weighted by atomic mass is 9.87. The van der Waals surface area contributed by atoms with E-state index < -0.39 is 0 Å². The van der Waals surface area contributed by atoms with Crippen molar-refractivity contribution < 1.29 is 9.53 Å². The van der Waals surface area contributed by atoms with E-state index in [1.165, 1.54) is 11.1 Å². The Labute approximate surface area is 208 Å². The van der Waals surface area contributed by atoms with E-state index in [4.69, 9.17) is 4.74 Å². The molecule has 3 nitrogen and oxygen atoms in total. The molecule has 35 heavy (non-hydrogen) atoms. The second-order valence-corrected chi connectivity index (χ2v) is 9.40. The molecule has 1 heterocycles. The van der Waals surface area contributed by atoms with Crippen molar-refractivity contribution in [2.75, 3.05) is 0 Å². The van der Waals surface area contributed by atoms with Gasteiger partial charge in [0.25, 0.3) is 0 Å². The quantitative estimate of drug-likeness (QED) is 0.321. The number of ether oxygens (including phenoxy) is 1. The first-order valence-corrected chi connectivity index (χ1v) is 12.3. The molecule has 1 amide bonds. The molecular weight excluding hydrogens is 430 g/mol. The number of fused-ring (bicyclic) bond motifs is 1. The molecule has 0 aliphatic carbocycles. The lowest BCUT2D eigenvalue weighted by Gasteiger charge is -2.38. The molecule has 176 valence electrons. The number of carbonyl (C=O) groups is 1. The first-order valence-electron chi connectivity index (χ1n) is 12.3. The van der Waals surface area contributed by atoms with Crippen LogP contribution in [0.25, 0.3) is 0 Å². The molecule has 5 rings (SSSR count). The van der Waals surface area contributed by atoms with Crippen LogP contribution >= 0.6 is 0 Å². The van der Waals surface area contributed by atoms with Gasteiger partial charge in [0.15, 0.2) is 0 Å². The SMILES string of the molecule is Cc1ccc2c(c1OCc1ccccc1)C[C@@H](C)N(C(=O)C(c1ccccc1)c1ccccc1)C2. The topological polar surface area (TPSA) is 29.5 Å². The number of hydrogen-bond acceptors (Lipinski definition) is 2. The maximum Gasteiger partial charge on any atom is 0.235 e. The molecular formula is C32H31NO2. The fourth-order valence-electron chi connectivity index (χ4n) is 5.06. The zero-order valence-corrected chi connectivity index (χ0v) is 20.4. The minimum Gasteiger partial charge on any atom is -0.488 e. The van der Waals surface area contributed by atoms with Crippen LogP contribution in [0, 0.1) is 6.92 Å². The van der Waals surface area contributed by atoms with Crippen molar-refractivity contribution in [2.24, 2.45) is 0 Å². The van der Waals surface area contributed by atoms with E-state index in [-0.39, 0.29) is 17.9 Å². The molecule has 0 saturated heterocycles. The van der Waals surface area contributed by atoms with E-state index in [1.807, 2.05) is 59.5 Å². The Bertz CT molecular complexity index is 1250. The Kier molecular flexibility index (Phi) is 6.67. The van der Waals surface area contributed by atoms with E-state index in [0.29, 0.717) is 13.2 Å². The summed E-state index contributed by atoms with van der Waals surface area (Å²) in [6.07, 6.45) is 0.781. The van der Waals surface area contributed by atoms with E-state index in [1.54, 1.807) is 0 Å². The highest BCUT2D eigenvalue weighted by Gasteiger charge is 2.34. The minimum atomic E-state index is -0.319. The summed E-state index contributed by atoms with van der Waals surface area (Å²) in [5.74, 6) is 0.793. The molecule has 4 aromatic carbocycles. The van der Waals surface area contributed by atoms with Gasteiger partial charge in [-0.1, -0.05) is 103 Å². The fourth-order valence-corrected chi connectivity index (χ4v) is 5.06. The molecule has 0 spiro atoms. The first-order chi connectivity index (χ1) is 17.1. The number of rotatable bonds is 6. The van der Waals surface area contributed by atoms with Crippen molar-refractivity contribution in [1.82, 2.24) is 4.90 Å². The van der Waals surface area contributed by atoms with Gasteiger partial charge in [-0.05, 0) is 48.1 Å². The molecule has 0 radical (unpaired) electrons. The number of hydrogen-bond donors (Lipinski definition) is 0. The van der Waals surface area contributed by atoms with Crippen molar-refractivity contribution in [3.8, 4) is 5.75 Å². The summed E-state index contributed by atoms with van der Waals surface area (Å²) in [5.41, 5.74) is 6.74. The predicted octanol–water partition coefficient (Wildman–Crippen LogP) is 6.68. The second-order valence-electron chi connectivity index (χ2n) is 9.40. The van der Waals surface area contributed by atoms with Gasteiger partial charge < -0.3 is 9.64 Å². The summed E-state index contributed by atoms with van der Waals surface area (Å²) >= 11 is 0. The number of aryl methyl sites for hydroxylation is 1. The molecule has 0 unspecified atom stereocenters. The molecule has 0 fully saturated rings. The summed E-state index contributed by atoms with van der Waals surface area (Å²) in [7, 11) is 0. The van der Waals surface area contributed by atoms with Crippen LogP contribution < -0.4 is 4.74 Å². The van der Waals surface area contributed by atoms with Crippen LogP contribution in [-0.2, 0) is 24.4 Å². The average Bonchev–Trinajstić information content (AvgIpc) is 2.90. The van der Waals surface area contributed by atoms with Crippen LogP contribution in [0.2, 0.25) is 0 Å². The van der Waals surface area contributed by atoms with Crippen LogP contribution in [0.4, 0.5) is 0 Å². The van der Waals surface area contributed by atoms with Gasteiger partial charge in [-0.15, -0.1) is 0 Å². The van der Waals surface area contributed by atoms with E-state index in [0.717, 1.165) is 34.4 Å². The maximum absolute atomic E-state index is 14.1. The van der Waals surface area contributed by atoms with Gasteiger partial charge in [0.2, 0.25) is 5.91 Å². The van der Waals surface area contributed by atoms with E-state index in [2.05, 4.69) is 62.4 Å². The zero-order valence-electron chi connectivity index (χ0n) is 20.4. The highest BCUT2D eigenvalue weighted by molar-refractivity contribution is 5.87. The van der Waals surface area contributed by atoms with Crippen molar-refractivity contribution in [3.63, 3.8) is 0 Å². The van der Waals surface area contributed by atoms with Crippen LogP contribution in [0.5, 0.6) is 5.75 Å². The molecule has 1 aliphatic heterocycles. The van der Waals surface area contributed by atoms with Gasteiger partial charge in [0.1, 0.15) is 12.4 Å². The molecule has 4 aromatic rings. The highest BCUT2D eigenvalue weighted by atomic mass is 16.5. The standard InChI is InChI=1S/C32H31NO2/c1-23-18-19-28-21-33(24(2)20-29(28)31(23)35-22-25-12-6-3-7-13-25)32(34)30(26-14-8-4-9-15-26)27-16-10-5-11-17-27/h3-19,24,30H,20-22H2,1-2H3/t24-/m1/s1. The lowest BCUT2D eigenvalue weighted by molar-refractivity contribution is -0.135. The van der Waals surface area contributed by atoms with Gasteiger partial charge in [-0.25, -0.2) is 0 Å². The number of amides is 1. The second kappa shape index (κ2) is 10.2. The van der Waals surface area contributed by atoms with Crippen LogP contribution in [0.3, 0.4) is 0 Å². The summed E-state index contributed by atoms with van der Waals surface area (Å²) in [5, 5.41) is 0. The predicted molar refractivity (Wildman–Crippen MR) is 140 cm³/mol. The lowest BCUT2D eigenvalue weighted by Crippen LogP contribution is -2.45. The van der Waals surface area contributed by atoms with E-state index in [9.17, 15) is 4.79 Å². The molecule has 1 aliphatic rings. The normalized spacial score (nSPS) is 15.1. The molecule has 1 atom stereocenters. The Balaban J connectivity index is 1.44. The first kappa shape index (κ1) is 22.9. The average molecular weight is 462 g/mol. The summed E-state index contributed by atoms with van der Waals surface area (Å²) in [6.45, 7) is 5.38. The highest BCUT2D eigenvalue weighted by Crippen LogP contribution is 2.36. The van der Waals surface area contributed by atoms with Crippen LogP contribution in [-0.4, -0.2) is 16.8 Å². The minimum absolute atomic E-state index is 0.0748. The zero-order chi connectivity index (χ0) is 24.2. The van der Waals surface area contributed by atoms with Gasteiger partial charge in [0.05, 0.1) is 5.92 Å². The Morgan fingerprint density at radius 3 is 2.03 bits per heavy atom. The Morgan fingerprint density at radius 1 is 0.857 bits per heavy atom. The van der Waals surface area contributed by atoms with Crippen molar-refractivity contribution >= 4 is 5.91 Å². The van der Waals surface area contributed by atoms with Crippen molar-refractivity contribution in [2.45, 2.75) is 45.4 Å². The van der Waals surface area contributed by atoms with Gasteiger partial charge >= 0.3 is 0 Å². The summed E-state index contributed by atoms with van der Waals surface area (Å²) in [4.78, 5) is 16.1. The van der Waals surface area contributed by atoms with Crippen LogP contribution in [0.15, 0.2) is 103 Å². The van der Waals surface area contributed by atoms with Gasteiger partial charge in [-0.3, -0.25) is 4.79 Å². The molecule has 0 bridgehead atoms. The Morgan fingerprint density at radius 2 is 1.43 bits per heavy atom. The molecule has 0 aromatic heterocycles. The molecule has 3 heteroatoms. The largest absolute Gasteiger partial charge is 0.488 e. The fraction of sp³-hybridized carbons (Fsp3) is 0.219. The summed E-state index contributed by atoms with van der Waals surface area (Å²) in [6, 6.07) is 34.8. The smallest absolute Gasteiger partial charge is 0.235 e. The van der Waals surface area contributed by atoms with Crippen LogP contribution in [0.1, 0.15) is 46.2 Å². The Hall–Kier alpha value is -3.85.